The van der Waals surface area contributed by atoms with E-state index in [4.69, 9.17) is 9.47 Å². The van der Waals surface area contributed by atoms with Crippen LogP contribution in [0.3, 0.4) is 0 Å². The minimum Gasteiger partial charge on any atom is -0.508 e. The molecule has 2 atom stereocenters. The van der Waals surface area contributed by atoms with Gasteiger partial charge in [-0.2, -0.15) is 0 Å². The minimum atomic E-state index is -0.953. The van der Waals surface area contributed by atoms with Crippen molar-refractivity contribution in [1.29, 1.82) is 0 Å². The Kier molecular flexibility index (Phi) is 8.87. The maximum Gasteiger partial charge on any atom is 0.408 e. The number of hydrogen-bond acceptors (Lipinski definition) is 6. The van der Waals surface area contributed by atoms with Gasteiger partial charge in [-0.05, 0) is 29.2 Å². The Morgan fingerprint density at radius 3 is 2.16 bits per heavy atom. The maximum absolute atomic E-state index is 12.8. The summed E-state index contributed by atoms with van der Waals surface area (Å²) in [5.41, 5.74) is 1.55. The van der Waals surface area contributed by atoms with Crippen molar-refractivity contribution in [2.45, 2.75) is 39.0 Å². The molecule has 0 spiro atoms. The number of nitrogens with one attached hydrogen (secondary N) is 2. The number of rotatable bonds is 9. The van der Waals surface area contributed by atoms with Gasteiger partial charge in [0.15, 0.2) is 0 Å². The third kappa shape index (κ3) is 7.65. The van der Waals surface area contributed by atoms with Gasteiger partial charge < -0.3 is 25.2 Å². The van der Waals surface area contributed by atoms with E-state index in [1.54, 1.807) is 26.0 Å². The number of alkyl carbamates (subject to hydrolysis) is 1. The normalized spacial score (nSPS) is 12.5. The van der Waals surface area contributed by atoms with Crippen LogP contribution >= 0.6 is 0 Å². The fraction of sp³-hybridized carbons (Fsp3) is 0.348. The lowest BCUT2D eigenvalue weighted by atomic mass is 10.0. The average Bonchev–Trinajstić information content (AvgIpc) is 2.76. The molecule has 2 rings (SSSR count). The van der Waals surface area contributed by atoms with E-state index in [-0.39, 0.29) is 24.7 Å². The van der Waals surface area contributed by atoms with Crippen LogP contribution in [0, 0.1) is 5.92 Å². The number of phenols is 1. The Hall–Kier alpha value is -3.55. The molecule has 2 aromatic rings. The second-order valence-corrected chi connectivity index (χ2v) is 7.38. The fourth-order valence-corrected chi connectivity index (χ4v) is 2.89. The van der Waals surface area contributed by atoms with Crippen molar-refractivity contribution >= 4 is 18.0 Å². The Bertz CT molecular complexity index is 867. The largest absolute Gasteiger partial charge is 0.508 e. The molecule has 8 heteroatoms. The van der Waals surface area contributed by atoms with Crippen LogP contribution in [0.2, 0.25) is 0 Å². The van der Waals surface area contributed by atoms with E-state index in [1.807, 2.05) is 30.3 Å². The van der Waals surface area contributed by atoms with E-state index >= 15 is 0 Å². The standard InChI is InChI=1S/C23H28N2O6/c1-15(2)20(25-23(29)31-14-17-7-5-4-6-8-17)21(27)24-19(22(28)30-3)13-16-9-11-18(26)12-10-16/h4-12,15,19-20,26H,13-14H2,1-3H3,(H,24,27)(H,25,29)/t19-,20-/m1/s1. The Morgan fingerprint density at radius 2 is 1.58 bits per heavy atom. The van der Waals surface area contributed by atoms with Crippen LogP contribution in [0.15, 0.2) is 54.6 Å². The van der Waals surface area contributed by atoms with Gasteiger partial charge in [0.05, 0.1) is 7.11 Å². The highest BCUT2D eigenvalue weighted by atomic mass is 16.5. The van der Waals surface area contributed by atoms with Crippen LogP contribution in [0.1, 0.15) is 25.0 Å². The van der Waals surface area contributed by atoms with Crippen molar-refractivity contribution in [3.8, 4) is 5.75 Å². The summed E-state index contributed by atoms with van der Waals surface area (Å²) >= 11 is 0. The molecule has 0 unspecified atom stereocenters. The van der Waals surface area contributed by atoms with Crippen LogP contribution in [0.25, 0.3) is 0 Å². The van der Waals surface area contributed by atoms with Crippen LogP contribution in [-0.2, 0) is 32.1 Å². The highest BCUT2D eigenvalue weighted by Gasteiger charge is 2.29. The Morgan fingerprint density at radius 1 is 0.935 bits per heavy atom. The van der Waals surface area contributed by atoms with Crippen LogP contribution in [-0.4, -0.2) is 42.3 Å². The summed E-state index contributed by atoms with van der Waals surface area (Å²) in [6, 6.07) is 13.6. The fourth-order valence-electron chi connectivity index (χ4n) is 2.89. The number of benzene rings is 2. The number of hydrogen-bond donors (Lipinski definition) is 3. The van der Waals surface area contributed by atoms with Gasteiger partial charge in [-0.15, -0.1) is 0 Å². The molecule has 31 heavy (non-hydrogen) atoms. The average molecular weight is 428 g/mol. The van der Waals surface area contributed by atoms with Gasteiger partial charge in [0.1, 0.15) is 24.4 Å². The summed E-state index contributed by atoms with van der Waals surface area (Å²) in [5.74, 6) is -1.30. The molecular formula is C23H28N2O6. The molecule has 0 radical (unpaired) electrons. The SMILES string of the molecule is COC(=O)[C@@H](Cc1ccc(O)cc1)NC(=O)[C@H](NC(=O)OCc1ccccc1)C(C)C. The van der Waals surface area contributed by atoms with E-state index in [9.17, 15) is 19.5 Å². The molecule has 0 bridgehead atoms. The first-order chi connectivity index (χ1) is 14.8. The van der Waals surface area contributed by atoms with Crippen LogP contribution in [0.4, 0.5) is 4.79 Å². The molecule has 8 nitrogen and oxygen atoms in total. The molecule has 3 N–H and O–H groups in total. The topological polar surface area (TPSA) is 114 Å². The molecule has 166 valence electrons. The third-order valence-corrected chi connectivity index (χ3v) is 4.61. The summed E-state index contributed by atoms with van der Waals surface area (Å²) in [4.78, 5) is 37.2. The second kappa shape index (κ2) is 11.6. The number of carbonyl (C=O) groups is 3. The highest BCUT2D eigenvalue weighted by Crippen LogP contribution is 2.12. The lowest BCUT2D eigenvalue weighted by Crippen LogP contribution is -2.54. The van der Waals surface area contributed by atoms with E-state index in [0.29, 0.717) is 0 Å². The number of phenolic OH excluding ortho intramolecular Hbond substituents is 1. The Labute approximate surface area is 181 Å². The molecule has 2 aromatic carbocycles. The monoisotopic (exact) mass is 428 g/mol. The number of amides is 2. The minimum absolute atomic E-state index is 0.0742. The van der Waals surface area contributed by atoms with Crippen LogP contribution in [0.5, 0.6) is 5.75 Å². The van der Waals surface area contributed by atoms with Gasteiger partial charge in [0.2, 0.25) is 5.91 Å². The maximum atomic E-state index is 12.8. The smallest absolute Gasteiger partial charge is 0.408 e. The van der Waals surface area contributed by atoms with E-state index < -0.39 is 30.1 Å². The van der Waals surface area contributed by atoms with E-state index in [0.717, 1.165) is 11.1 Å². The summed E-state index contributed by atoms with van der Waals surface area (Å²) in [7, 11) is 1.23. The summed E-state index contributed by atoms with van der Waals surface area (Å²) in [6.07, 6.45) is -0.562. The first-order valence-corrected chi connectivity index (χ1v) is 9.93. The predicted octanol–water partition coefficient (Wildman–Crippen LogP) is 2.54. The molecular weight excluding hydrogens is 400 g/mol. The number of aromatic hydroxyl groups is 1. The predicted molar refractivity (Wildman–Crippen MR) is 114 cm³/mol. The van der Waals surface area contributed by atoms with Gasteiger partial charge in [0.25, 0.3) is 0 Å². The van der Waals surface area contributed by atoms with Gasteiger partial charge in [-0.3, -0.25) is 4.79 Å². The van der Waals surface area contributed by atoms with E-state index in [2.05, 4.69) is 10.6 Å². The molecule has 0 saturated heterocycles. The zero-order valence-corrected chi connectivity index (χ0v) is 17.8. The van der Waals surface area contributed by atoms with Crippen molar-refractivity contribution in [1.82, 2.24) is 10.6 Å². The van der Waals surface area contributed by atoms with Gasteiger partial charge in [-0.1, -0.05) is 56.3 Å². The first-order valence-electron chi connectivity index (χ1n) is 9.93. The van der Waals surface area contributed by atoms with Crippen molar-refractivity contribution < 1.29 is 29.0 Å². The highest BCUT2D eigenvalue weighted by molar-refractivity contribution is 5.90. The zero-order chi connectivity index (χ0) is 22.8. The molecule has 0 aliphatic rings. The van der Waals surface area contributed by atoms with Crippen molar-refractivity contribution in [3.05, 3.63) is 65.7 Å². The van der Waals surface area contributed by atoms with Gasteiger partial charge in [0, 0.05) is 6.42 Å². The second-order valence-electron chi connectivity index (χ2n) is 7.38. The van der Waals surface area contributed by atoms with Crippen molar-refractivity contribution in [3.63, 3.8) is 0 Å². The van der Waals surface area contributed by atoms with Crippen molar-refractivity contribution in [2.24, 2.45) is 5.92 Å². The van der Waals surface area contributed by atoms with Gasteiger partial charge in [-0.25, -0.2) is 9.59 Å². The lowest BCUT2D eigenvalue weighted by molar-refractivity contribution is -0.145. The number of methoxy groups -OCH3 is 1. The molecule has 0 aliphatic carbocycles. The molecule has 0 saturated carbocycles. The molecule has 0 heterocycles. The molecule has 0 aliphatic heterocycles. The zero-order valence-electron chi connectivity index (χ0n) is 17.8. The summed E-state index contributed by atoms with van der Waals surface area (Å²) < 4.78 is 10.00. The van der Waals surface area contributed by atoms with Crippen molar-refractivity contribution in [2.75, 3.05) is 7.11 Å². The molecule has 2 amide bonds. The molecule has 0 fully saturated rings. The number of ether oxygens (including phenoxy) is 2. The van der Waals surface area contributed by atoms with E-state index in [1.165, 1.54) is 19.2 Å². The van der Waals surface area contributed by atoms with Gasteiger partial charge >= 0.3 is 12.1 Å². The summed E-state index contributed by atoms with van der Waals surface area (Å²) in [6.45, 7) is 3.62. The third-order valence-electron chi connectivity index (χ3n) is 4.61. The number of esters is 1. The quantitative estimate of drug-likeness (QED) is 0.529. The van der Waals surface area contributed by atoms with Crippen LogP contribution < -0.4 is 10.6 Å². The summed E-state index contributed by atoms with van der Waals surface area (Å²) in [5, 5.41) is 14.6. The molecule has 0 aromatic heterocycles. The lowest BCUT2D eigenvalue weighted by Gasteiger charge is -2.24. The first kappa shape index (κ1) is 23.7. The Balaban J connectivity index is 2.00. The number of carbonyl (C=O) groups excluding carboxylic acids is 3.